The van der Waals surface area contributed by atoms with Crippen molar-refractivity contribution in [2.24, 2.45) is 0 Å². The third-order valence-electron chi connectivity index (χ3n) is 3.12. The summed E-state index contributed by atoms with van der Waals surface area (Å²) in [7, 11) is 0. The normalized spacial score (nSPS) is 14.0. The van der Waals surface area contributed by atoms with E-state index in [-0.39, 0.29) is 25.3 Å². The van der Waals surface area contributed by atoms with Gasteiger partial charge in [-0.2, -0.15) is 13.2 Å². The van der Waals surface area contributed by atoms with Crippen LogP contribution in [0, 0.1) is 0 Å². The van der Waals surface area contributed by atoms with Crippen LogP contribution in [-0.2, 0) is 14.4 Å². The molecule has 0 saturated heterocycles. The maximum Gasteiger partial charge on any atom is 0.405 e. The van der Waals surface area contributed by atoms with E-state index in [0.717, 1.165) is 0 Å². The van der Waals surface area contributed by atoms with Crippen molar-refractivity contribution in [3.8, 4) is 0 Å². The lowest BCUT2D eigenvalue weighted by atomic mass is 10.1. The van der Waals surface area contributed by atoms with E-state index in [9.17, 15) is 27.6 Å². The molecule has 1 heterocycles. The van der Waals surface area contributed by atoms with Crippen LogP contribution >= 0.6 is 0 Å². The molecule has 0 unspecified atom stereocenters. The number of hydrogen-bond acceptors (Lipinski definition) is 3. The van der Waals surface area contributed by atoms with Crippen LogP contribution in [0.2, 0.25) is 0 Å². The predicted molar refractivity (Wildman–Crippen MR) is 75.7 cm³/mol. The van der Waals surface area contributed by atoms with Gasteiger partial charge in [-0.1, -0.05) is 12.1 Å². The highest BCUT2D eigenvalue weighted by Gasteiger charge is 2.29. The minimum Gasteiger partial charge on any atom is -0.347 e. The maximum absolute atomic E-state index is 12.2. The standard InChI is InChI=1S/C14H14F3N3O3/c15-14(16,17)8-18-11(21)5-6-13(23)20-7-12(22)19-9-3-1-2-4-10(9)20/h1-4H,5-8H2,(H,18,21)(H,19,22). The summed E-state index contributed by atoms with van der Waals surface area (Å²) in [4.78, 5) is 36.3. The molecule has 0 aliphatic carbocycles. The van der Waals surface area contributed by atoms with Gasteiger partial charge in [0.25, 0.3) is 0 Å². The number of alkyl halides is 3. The first kappa shape index (κ1) is 16.8. The molecule has 23 heavy (non-hydrogen) atoms. The van der Waals surface area contributed by atoms with Gasteiger partial charge in [-0.15, -0.1) is 0 Å². The lowest BCUT2D eigenvalue weighted by Crippen LogP contribution is -2.42. The first-order valence-electron chi connectivity index (χ1n) is 6.79. The molecule has 3 amide bonds. The van der Waals surface area contributed by atoms with Crippen LogP contribution in [0.25, 0.3) is 0 Å². The van der Waals surface area contributed by atoms with E-state index in [0.29, 0.717) is 11.4 Å². The third-order valence-corrected chi connectivity index (χ3v) is 3.12. The topological polar surface area (TPSA) is 78.5 Å². The van der Waals surface area contributed by atoms with Gasteiger partial charge in [0.1, 0.15) is 13.1 Å². The van der Waals surface area contributed by atoms with Gasteiger partial charge in [0.15, 0.2) is 0 Å². The molecule has 1 aliphatic heterocycles. The van der Waals surface area contributed by atoms with Gasteiger partial charge < -0.3 is 15.5 Å². The quantitative estimate of drug-likeness (QED) is 0.877. The SMILES string of the molecule is O=C(CCC(=O)N1CC(=O)Nc2ccccc21)NCC(F)(F)F. The molecule has 1 aromatic carbocycles. The van der Waals surface area contributed by atoms with Crippen molar-refractivity contribution in [3.63, 3.8) is 0 Å². The fourth-order valence-electron chi connectivity index (χ4n) is 2.10. The molecular formula is C14H14F3N3O3. The predicted octanol–water partition coefficient (Wildman–Crippen LogP) is 1.43. The lowest BCUT2D eigenvalue weighted by molar-refractivity contribution is -0.138. The van der Waals surface area contributed by atoms with Crippen LogP contribution in [0.3, 0.4) is 0 Å². The van der Waals surface area contributed by atoms with E-state index in [4.69, 9.17) is 0 Å². The smallest absolute Gasteiger partial charge is 0.347 e. The van der Waals surface area contributed by atoms with Crippen molar-refractivity contribution in [2.75, 3.05) is 23.3 Å². The van der Waals surface area contributed by atoms with Gasteiger partial charge in [0, 0.05) is 12.8 Å². The summed E-state index contributed by atoms with van der Waals surface area (Å²) >= 11 is 0. The van der Waals surface area contributed by atoms with E-state index in [1.807, 2.05) is 0 Å². The van der Waals surface area contributed by atoms with Crippen molar-refractivity contribution in [1.82, 2.24) is 5.32 Å². The molecule has 9 heteroatoms. The molecule has 6 nitrogen and oxygen atoms in total. The van der Waals surface area contributed by atoms with Gasteiger partial charge in [-0.3, -0.25) is 14.4 Å². The number of rotatable bonds is 4. The number of halogens is 3. The Hall–Kier alpha value is -2.58. The molecule has 0 saturated carbocycles. The molecule has 1 aliphatic rings. The molecular weight excluding hydrogens is 315 g/mol. The molecule has 0 spiro atoms. The number of fused-ring (bicyclic) bond motifs is 1. The Balaban J connectivity index is 1.94. The molecule has 2 rings (SSSR count). The van der Waals surface area contributed by atoms with E-state index >= 15 is 0 Å². The molecule has 1 aromatic rings. The van der Waals surface area contributed by atoms with E-state index in [2.05, 4.69) is 5.32 Å². The van der Waals surface area contributed by atoms with Gasteiger partial charge in [0.2, 0.25) is 17.7 Å². The van der Waals surface area contributed by atoms with Crippen LogP contribution < -0.4 is 15.5 Å². The summed E-state index contributed by atoms with van der Waals surface area (Å²) in [5.74, 6) is -1.75. The number of nitrogens with one attached hydrogen (secondary N) is 2. The monoisotopic (exact) mass is 329 g/mol. The minimum absolute atomic E-state index is 0.194. The van der Waals surface area contributed by atoms with Gasteiger partial charge in [-0.05, 0) is 12.1 Å². The van der Waals surface area contributed by atoms with Crippen molar-refractivity contribution >= 4 is 29.1 Å². The molecule has 124 valence electrons. The zero-order chi connectivity index (χ0) is 17.0. The van der Waals surface area contributed by atoms with Crippen molar-refractivity contribution in [1.29, 1.82) is 0 Å². The van der Waals surface area contributed by atoms with Crippen LogP contribution in [0.4, 0.5) is 24.5 Å². The molecule has 0 bridgehead atoms. The summed E-state index contributed by atoms with van der Waals surface area (Å²) in [5.41, 5.74) is 0.964. The highest BCUT2D eigenvalue weighted by Crippen LogP contribution is 2.29. The Bertz CT molecular complexity index is 631. The number of benzene rings is 1. The first-order chi connectivity index (χ1) is 10.8. The second-order valence-electron chi connectivity index (χ2n) is 4.94. The van der Waals surface area contributed by atoms with Crippen molar-refractivity contribution in [3.05, 3.63) is 24.3 Å². The van der Waals surface area contributed by atoms with E-state index < -0.39 is 24.5 Å². The molecule has 0 aromatic heterocycles. The van der Waals surface area contributed by atoms with E-state index in [1.165, 1.54) is 4.90 Å². The second kappa shape index (κ2) is 6.67. The number of carbonyl (C=O) groups is 3. The number of anilines is 2. The summed E-state index contributed by atoms with van der Waals surface area (Å²) in [6.07, 6.45) is -5.16. The Labute approximate surface area is 129 Å². The maximum atomic E-state index is 12.2. The fourth-order valence-corrected chi connectivity index (χ4v) is 2.10. The second-order valence-corrected chi connectivity index (χ2v) is 4.94. The number of hydrogen-bond donors (Lipinski definition) is 2. The highest BCUT2D eigenvalue weighted by molar-refractivity contribution is 6.10. The van der Waals surface area contributed by atoms with Crippen LogP contribution in [0.5, 0.6) is 0 Å². The van der Waals surface area contributed by atoms with Crippen LogP contribution in [0.1, 0.15) is 12.8 Å². The Kier molecular flexibility index (Phi) is 4.87. The Morgan fingerprint density at radius 3 is 2.61 bits per heavy atom. The average Bonchev–Trinajstić information content (AvgIpc) is 2.49. The average molecular weight is 329 g/mol. The zero-order valence-electron chi connectivity index (χ0n) is 11.9. The third kappa shape index (κ3) is 4.70. The largest absolute Gasteiger partial charge is 0.405 e. The summed E-state index contributed by atoms with van der Waals surface area (Å²) in [6, 6.07) is 6.64. The van der Waals surface area contributed by atoms with Crippen LogP contribution in [0.15, 0.2) is 24.3 Å². The lowest BCUT2D eigenvalue weighted by Gasteiger charge is -2.29. The van der Waals surface area contributed by atoms with Crippen molar-refractivity contribution in [2.45, 2.75) is 19.0 Å². The molecule has 0 atom stereocenters. The zero-order valence-corrected chi connectivity index (χ0v) is 11.9. The van der Waals surface area contributed by atoms with Crippen molar-refractivity contribution < 1.29 is 27.6 Å². The molecule has 0 radical (unpaired) electrons. The van der Waals surface area contributed by atoms with Gasteiger partial charge >= 0.3 is 6.18 Å². The van der Waals surface area contributed by atoms with Gasteiger partial charge in [0.05, 0.1) is 11.4 Å². The minimum atomic E-state index is -4.50. The number of carbonyl (C=O) groups excluding carboxylic acids is 3. The highest BCUT2D eigenvalue weighted by atomic mass is 19.4. The van der Waals surface area contributed by atoms with Crippen LogP contribution in [-0.4, -0.2) is 37.0 Å². The Morgan fingerprint density at radius 1 is 1.22 bits per heavy atom. The molecule has 2 N–H and O–H groups in total. The van der Waals surface area contributed by atoms with Gasteiger partial charge in [-0.25, -0.2) is 0 Å². The Morgan fingerprint density at radius 2 is 1.91 bits per heavy atom. The first-order valence-corrected chi connectivity index (χ1v) is 6.79. The number of nitrogens with zero attached hydrogens (tertiary/aromatic N) is 1. The summed E-state index contributed by atoms with van der Waals surface area (Å²) < 4.78 is 35.9. The fraction of sp³-hybridized carbons (Fsp3) is 0.357. The van der Waals surface area contributed by atoms with E-state index in [1.54, 1.807) is 29.6 Å². The number of amides is 3. The molecule has 0 fully saturated rings. The summed E-state index contributed by atoms with van der Waals surface area (Å²) in [6.45, 7) is -1.63. The number of para-hydroxylation sites is 2. The summed E-state index contributed by atoms with van der Waals surface area (Å²) in [5, 5.41) is 4.30.